The molecule has 6 nitrogen and oxygen atoms in total. The fourth-order valence-electron chi connectivity index (χ4n) is 3.36. The molecule has 29 heavy (non-hydrogen) atoms. The molecule has 0 radical (unpaired) electrons. The lowest BCUT2D eigenvalue weighted by Crippen LogP contribution is -2.47. The molecule has 2 heterocycles. The maximum Gasteiger partial charge on any atom is 0.286 e. The van der Waals surface area contributed by atoms with Crippen LogP contribution < -0.4 is 14.4 Å². The van der Waals surface area contributed by atoms with Crippen LogP contribution in [0.25, 0.3) is 6.08 Å². The van der Waals surface area contributed by atoms with Crippen molar-refractivity contribution in [3.05, 3.63) is 59.0 Å². The van der Waals surface area contributed by atoms with E-state index in [-0.39, 0.29) is 5.91 Å². The Morgan fingerprint density at radius 3 is 2.31 bits per heavy atom. The highest BCUT2D eigenvalue weighted by Gasteiger charge is 2.28. The minimum absolute atomic E-state index is 0.176. The van der Waals surface area contributed by atoms with Crippen molar-refractivity contribution in [2.75, 3.05) is 45.3 Å². The predicted octanol–water partition coefficient (Wildman–Crippen LogP) is 3.50. The molecule has 0 aliphatic carbocycles. The predicted molar refractivity (Wildman–Crippen MR) is 118 cm³/mol. The van der Waals surface area contributed by atoms with Crippen LogP contribution in [0.2, 0.25) is 0 Å². The number of carbonyl (C=O) groups is 1. The van der Waals surface area contributed by atoms with Crippen LogP contribution in [0.3, 0.4) is 0 Å². The number of anilines is 1. The standard InChI is InChI=1S/C22H23N3O3S/c1-27-18-8-6-17(7-9-18)24-10-12-25(13-11-24)22-23-21(26)20(29-22)15-16-4-3-5-19(14-16)28-2/h3-9,14-15H,10-13H2,1-2H3/b20-15-. The van der Waals surface area contributed by atoms with Crippen LogP contribution in [-0.4, -0.2) is 56.4 Å². The molecule has 0 aromatic heterocycles. The zero-order valence-corrected chi connectivity index (χ0v) is 17.3. The van der Waals surface area contributed by atoms with Gasteiger partial charge in [-0.2, -0.15) is 4.99 Å². The van der Waals surface area contributed by atoms with Gasteiger partial charge in [-0.1, -0.05) is 12.1 Å². The van der Waals surface area contributed by atoms with E-state index in [2.05, 4.69) is 26.9 Å². The van der Waals surface area contributed by atoms with Crippen LogP contribution in [-0.2, 0) is 4.79 Å². The number of nitrogens with zero attached hydrogens (tertiary/aromatic N) is 3. The Labute approximate surface area is 174 Å². The second kappa shape index (κ2) is 8.61. The fourth-order valence-corrected chi connectivity index (χ4v) is 4.33. The molecule has 2 aromatic rings. The average molecular weight is 410 g/mol. The molecular weight excluding hydrogens is 386 g/mol. The summed E-state index contributed by atoms with van der Waals surface area (Å²) in [6, 6.07) is 15.8. The van der Waals surface area contributed by atoms with E-state index in [0.717, 1.165) is 48.4 Å². The summed E-state index contributed by atoms with van der Waals surface area (Å²) in [5.41, 5.74) is 2.11. The first-order chi connectivity index (χ1) is 14.2. The van der Waals surface area contributed by atoms with E-state index in [1.165, 1.54) is 17.4 Å². The van der Waals surface area contributed by atoms with E-state index in [1.807, 2.05) is 42.5 Å². The topological polar surface area (TPSA) is 54.4 Å². The van der Waals surface area contributed by atoms with Crippen LogP contribution in [0.5, 0.6) is 11.5 Å². The number of rotatable bonds is 4. The largest absolute Gasteiger partial charge is 0.497 e. The van der Waals surface area contributed by atoms with Gasteiger partial charge in [-0.05, 0) is 59.8 Å². The van der Waals surface area contributed by atoms with E-state index in [1.54, 1.807) is 14.2 Å². The Hall–Kier alpha value is -2.93. The summed E-state index contributed by atoms with van der Waals surface area (Å²) in [5.74, 6) is 1.45. The Morgan fingerprint density at radius 1 is 0.931 bits per heavy atom. The van der Waals surface area contributed by atoms with Crippen molar-refractivity contribution in [3.63, 3.8) is 0 Å². The van der Waals surface area contributed by atoms with Crippen molar-refractivity contribution in [1.82, 2.24) is 4.90 Å². The fraction of sp³-hybridized carbons (Fsp3) is 0.273. The van der Waals surface area contributed by atoms with Crippen LogP contribution in [0.1, 0.15) is 5.56 Å². The Kier molecular flexibility index (Phi) is 5.76. The summed E-state index contributed by atoms with van der Waals surface area (Å²) in [7, 11) is 3.31. The Bertz CT molecular complexity index is 948. The molecule has 0 saturated carbocycles. The molecule has 0 atom stereocenters. The number of benzene rings is 2. The summed E-state index contributed by atoms with van der Waals surface area (Å²) < 4.78 is 10.5. The van der Waals surface area contributed by atoms with Crippen molar-refractivity contribution in [1.29, 1.82) is 0 Å². The van der Waals surface area contributed by atoms with E-state index in [9.17, 15) is 4.79 Å². The molecule has 0 N–H and O–H groups in total. The average Bonchev–Trinajstić information content (AvgIpc) is 3.14. The summed E-state index contributed by atoms with van der Waals surface area (Å²) in [5, 5.41) is 0.790. The quantitative estimate of drug-likeness (QED) is 0.721. The van der Waals surface area contributed by atoms with Crippen molar-refractivity contribution >= 4 is 34.6 Å². The van der Waals surface area contributed by atoms with Gasteiger partial charge in [0.2, 0.25) is 0 Å². The zero-order chi connectivity index (χ0) is 20.2. The summed E-state index contributed by atoms with van der Waals surface area (Å²) in [4.78, 5) is 21.8. The molecule has 1 saturated heterocycles. The minimum atomic E-state index is -0.176. The molecule has 150 valence electrons. The number of aliphatic imine (C=N–C) groups is 1. The van der Waals surface area contributed by atoms with Gasteiger partial charge in [0.15, 0.2) is 5.17 Å². The van der Waals surface area contributed by atoms with Crippen LogP contribution >= 0.6 is 11.8 Å². The third-order valence-electron chi connectivity index (χ3n) is 4.99. The van der Waals surface area contributed by atoms with Crippen molar-refractivity contribution in [3.8, 4) is 11.5 Å². The van der Waals surface area contributed by atoms with Gasteiger partial charge in [0, 0.05) is 31.9 Å². The molecule has 7 heteroatoms. The van der Waals surface area contributed by atoms with Gasteiger partial charge in [0.25, 0.3) is 5.91 Å². The normalized spacial score (nSPS) is 18.2. The SMILES string of the molecule is COc1ccc(N2CCN(C3=NC(=O)/C(=C/c4cccc(OC)c4)S3)CC2)cc1. The number of hydrogen-bond donors (Lipinski definition) is 0. The maximum atomic E-state index is 12.4. The first-order valence-electron chi connectivity index (χ1n) is 9.47. The van der Waals surface area contributed by atoms with Crippen LogP contribution in [0.15, 0.2) is 58.4 Å². The third-order valence-corrected chi connectivity index (χ3v) is 6.03. The number of carbonyl (C=O) groups excluding carboxylic acids is 1. The van der Waals surface area contributed by atoms with Gasteiger partial charge in [0.1, 0.15) is 11.5 Å². The van der Waals surface area contributed by atoms with Gasteiger partial charge >= 0.3 is 0 Å². The van der Waals surface area contributed by atoms with Crippen LogP contribution in [0, 0.1) is 0 Å². The lowest BCUT2D eigenvalue weighted by atomic mass is 10.2. The highest BCUT2D eigenvalue weighted by atomic mass is 32.2. The van der Waals surface area contributed by atoms with Gasteiger partial charge < -0.3 is 19.3 Å². The molecule has 1 fully saturated rings. The van der Waals surface area contributed by atoms with Gasteiger partial charge in [-0.15, -0.1) is 0 Å². The van der Waals surface area contributed by atoms with E-state index in [0.29, 0.717) is 4.91 Å². The Balaban J connectivity index is 1.38. The molecule has 4 rings (SSSR count). The lowest BCUT2D eigenvalue weighted by molar-refractivity contribution is -0.113. The zero-order valence-electron chi connectivity index (χ0n) is 16.5. The summed E-state index contributed by atoms with van der Waals surface area (Å²) in [6.45, 7) is 3.43. The Morgan fingerprint density at radius 2 is 1.62 bits per heavy atom. The number of methoxy groups -OCH3 is 2. The van der Waals surface area contributed by atoms with Gasteiger partial charge in [-0.3, -0.25) is 4.79 Å². The summed E-state index contributed by atoms with van der Waals surface area (Å²) >= 11 is 1.45. The van der Waals surface area contributed by atoms with Crippen molar-refractivity contribution in [2.45, 2.75) is 0 Å². The first-order valence-corrected chi connectivity index (χ1v) is 10.3. The molecule has 2 aliphatic rings. The smallest absolute Gasteiger partial charge is 0.286 e. The summed E-state index contributed by atoms with van der Waals surface area (Å²) in [6.07, 6.45) is 1.87. The van der Waals surface area contributed by atoms with E-state index < -0.39 is 0 Å². The number of hydrogen-bond acceptors (Lipinski definition) is 6. The monoisotopic (exact) mass is 409 g/mol. The van der Waals surface area contributed by atoms with E-state index in [4.69, 9.17) is 9.47 Å². The molecule has 1 amide bonds. The number of thioether (sulfide) groups is 1. The van der Waals surface area contributed by atoms with Gasteiger partial charge in [0.05, 0.1) is 19.1 Å². The number of amides is 1. The molecular formula is C22H23N3O3S. The van der Waals surface area contributed by atoms with Crippen molar-refractivity contribution < 1.29 is 14.3 Å². The second-order valence-corrected chi connectivity index (χ2v) is 7.77. The number of ether oxygens (including phenoxy) is 2. The van der Waals surface area contributed by atoms with Crippen LogP contribution in [0.4, 0.5) is 5.69 Å². The van der Waals surface area contributed by atoms with Crippen molar-refractivity contribution in [2.24, 2.45) is 4.99 Å². The van der Waals surface area contributed by atoms with E-state index >= 15 is 0 Å². The second-order valence-electron chi connectivity index (χ2n) is 6.76. The number of amidine groups is 1. The molecule has 0 bridgehead atoms. The van der Waals surface area contributed by atoms with Gasteiger partial charge in [-0.25, -0.2) is 0 Å². The minimum Gasteiger partial charge on any atom is -0.497 e. The molecule has 0 unspecified atom stereocenters. The molecule has 2 aliphatic heterocycles. The first kappa shape index (κ1) is 19.4. The molecule has 2 aromatic carbocycles. The highest BCUT2D eigenvalue weighted by Crippen LogP contribution is 2.31. The lowest BCUT2D eigenvalue weighted by Gasteiger charge is -2.36. The maximum absolute atomic E-state index is 12.4. The highest BCUT2D eigenvalue weighted by molar-refractivity contribution is 8.18. The molecule has 0 spiro atoms. The third kappa shape index (κ3) is 4.40. The number of piperazine rings is 1.